The van der Waals surface area contributed by atoms with Crippen molar-refractivity contribution in [2.75, 3.05) is 57.4 Å². The van der Waals surface area contributed by atoms with Crippen LogP contribution < -0.4 is 30.7 Å². The van der Waals surface area contributed by atoms with Gasteiger partial charge in [0.25, 0.3) is 0 Å². The number of carbonyl (C=O) groups is 4. The first kappa shape index (κ1) is 52.8. The third kappa shape index (κ3) is 9.47. The van der Waals surface area contributed by atoms with E-state index in [9.17, 15) is 24.3 Å². The van der Waals surface area contributed by atoms with Crippen LogP contribution in [0.2, 0.25) is 5.02 Å². The Hall–Kier alpha value is -6.28. The van der Waals surface area contributed by atoms with Crippen LogP contribution in [0.25, 0.3) is 22.0 Å². The second-order valence-electron chi connectivity index (χ2n) is 22.0. The number of nitrogens with two attached hydrogens (primary N) is 1. The van der Waals surface area contributed by atoms with Gasteiger partial charge in [-0.25, -0.2) is 22.4 Å². The smallest absolute Gasteiger partial charge is 0.329 e. The minimum Gasteiger partial charge on any atom is -0.488 e. The molecule has 408 valence electrons. The molecule has 4 aromatic carbocycles. The number of benzene rings is 4. The van der Waals surface area contributed by atoms with Gasteiger partial charge in [-0.1, -0.05) is 48.9 Å². The highest BCUT2D eigenvalue weighted by Crippen LogP contribution is 2.57. The van der Waals surface area contributed by atoms with Crippen LogP contribution in [-0.2, 0) is 22.2 Å². The van der Waals surface area contributed by atoms with Crippen molar-refractivity contribution in [2.24, 2.45) is 24.6 Å². The van der Waals surface area contributed by atoms with Crippen LogP contribution in [0.15, 0.2) is 54.6 Å². The van der Waals surface area contributed by atoms with Crippen molar-refractivity contribution in [3.05, 3.63) is 105 Å². The third-order valence-corrected chi connectivity index (χ3v) is 17.9. The molecule has 11 rings (SSSR count). The Morgan fingerprint density at radius 3 is 2.35 bits per heavy atom. The topological polar surface area (TPSA) is 185 Å². The lowest BCUT2D eigenvalue weighted by Gasteiger charge is -2.44. The fourth-order valence-electron chi connectivity index (χ4n) is 13.4. The molecule has 5 N–H and O–H groups in total. The zero-order valence-electron chi connectivity index (χ0n) is 43.1. The monoisotopic (exact) mass is 1080 g/mol. The number of anilines is 1. The van der Waals surface area contributed by atoms with E-state index in [0.29, 0.717) is 56.8 Å². The summed E-state index contributed by atoms with van der Waals surface area (Å²) in [6, 6.07) is 13.8. The number of nitrogens with zero attached hydrogens (tertiary/aromatic N) is 5. The maximum absolute atomic E-state index is 16.5. The van der Waals surface area contributed by atoms with Crippen molar-refractivity contribution in [1.82, 2.24) is 30.2 Å². The first-order valence-electron chi connectivity index (χ1n) is 26.9. The molecular formula is C57H63ClF4N8O7. The van der Waals surface area contributed by atoms with Gasteiger partial charge in [-0.15, -0.1) is 0 Å². The Bertz CT molecular complexity index is 3160. The molecule has 5 amide bonds. The normalized spacial score (nSPS) is 24.5. The standard InChI is InChI=1S/C57H63ClF4N8O7/c1-31-44-42(27-40(60)48(58)47(44)46-37(52(63)73)12-13-41(49(46)61)76-25-24-71)77-57(31,35-6-4-3-5-7-35)30-64-36-10-8-34(9-11-36)54(74)70-23-14-32(28-56(70)18-19-56)29-68-20-15-33(16-21-68)45-39(59)26-38-51(50(45)62)67(2)66-53(38)69-22-17-43(72)65-55(69)75/h3-7,12-13,26-27,31-34,36,64,71H,8-11,14-25,28-30H2,1-2H3,(H2,63,73)(H,65,72,75)/t31-,32?,34?,36?,57-/m0/s1. The van der Waals surface area contributed by atoms with Gasteiger partial charge >= 0.3 is 6.03 Å². The molecule has 1 spiro atoms. The summed E-state index contributed by atoms with van der Waals surface area (Å²) in [5.74, 6) is -4.98. The SMILES string of the molecule is C[C@H]1c2c(cc(F)c(Cl)c2-c2c(C(N)=O)ccc(OCCO)c2F)O[C@]1(CNC1CCC(C(=O)N2CCC(CN3CCC(c4c(F)cc5c(N6CCC(=O)NC6=O)nn(C)c5c4F)CC3)CC23CC3)CC1)c1ccccc1. The van der Waals surface area contributed by atoms with E-state index < -0.39 is 64.3 Å². The number of aliphatic hydroxyl groups excluding tert-OH is 1. The van der Waals surface area contributed by atoms with E-state index in [2.05, 4.69) is 25.5 Å². The summed E-state index contributed by atoms with van der Waals surface area (Å²) in [6.07, 6.45) is 7.90. The number of urea groups is 1. The Labute approximate surface area is 448 Å². The van der Waals surface area contributed by atoms with Gasteiger partial charge in [-0.3, -0.25) is 29.3 Å². The molecule has 2 aliphatic carbocycles. The molecule has 6 aliphatic rings. The molecule has 4 aliphatic heterocycles. The summed E-state index contributed by atoms with van der Waals surface area (Å²) in [7, 11) is 1.56. The molecule has 5 heterocycles. The minimum atomic E-state index is -1.13. The molecule has 20 heteroatoms. The Balaban J connectivity index is 0.715. The van der Waals surface area contributed by atoms with Crippen molar-refractivity contribution in [3.8, 4) is 22.6 Å². The van der Waals surface area contributed by atoms with Gasteiger partial charge in [0.2, 0.25) is 17.7 Å². The quantitative estimate of drug-likeness (QED) is 0.0786. The number of imide groups is 1. The second-order valence-corrected chi connectivity index (χ2v) is 22.4. The van der Waals surface area contributed by atoms with E-state index in [0.717, 1.165) is 50.6 Å². The molecular weight excluding hydrogens is 1020 g/mol. The highest BCUT2D eigenvalue weighted by atomic mass is 35.5. The van der Waals surface area contributed by atoms with Crippen molar-refractivity contribution in [3.63, 3.8) is 0 Å². The summed E-state index contributed by atoms with van der Waals surface area (Å²) in [6.45, 7) is 4.56. The highest BCUT2D eigenvalue weighted by molar-refractivity contribution is 6.34. The van der Waals surface area contributed by atoms with Gasteiger partial charge in [0.15, 0.2) is 28.8 Å². The maximum Gasteiger partial charge on any atom is 0.329 e. The number of halogens is 5. The van der Waals surface area contributed by atoms with Gasteiger partial charge in [0.1, 0.15) is 29.5 Å². The second kappa shape index (κ2) is 20.8. The van der Waals surface area contributed by atoms with Crippen LogP contribution in [0.1, 0.15) is 116 Å². The number of aliphatic hydroxyl groups is 1. The average Bonchev–Trinajstić information content (AvgIpc) is 4.16. The molecule has 5 fully saturated rings. The largest absolute Gasteiger partial charge is 0.488 e. The van der Waals surface area contributed by atoms with Crippen LogP contribution >= 0.6 is 11.6 Å². The molecule has 3 saturated heterocycles. The summed E-state index contributed by atoms with van der Waals surface area (Å²) < 4.78 is 78.3. The van der Waals surface area contributed by atoms with Crippen LogP contribution in [0.5, 0.6) is 11.5 Å². The van der Waals surface area contributed by atoms with Crippen molar-refractivity contribution in [1.29, 1.82) is 0 Å². The van der Waals surface area contributed by atoms with Crippen molar-refractivity contribution < 1.29 is 51.3 Å². The van der Waals surface area contributed by atoms with Crippen LogP contribution in [0.4, 0.5) is 28.2 Å². The number of hydrogen-bond donors (Lipinski definition) is 4. The lowest BCUT2D eigenvalue weighted by atomic mass is 9.77. The number of hydrogen-bond acceptors (Lipinski definition) is 10. The van der Waals surface area contributed by atoms with E-state index in [1.54, 1.807) is 7.05 Å². The Kier molecular flexibility index (Phi) is 14.3. The van der Waals surface area contributed by atoms with Crippen molar-refractivity contribution in [2.45, 2.75) is 107 Å². The number of piperidine rings is 2. The minimum absolute atomic E-state index is 0.0325. The first-order valence-corrected chi connectivity index (χ1v) is 27.3. The number of amides is 5. The fraction of sp³-hybridized carbons (Fsp3) is 0.491. The predicted octanol–water partition coefficient (Wildman–Crippen LogP) is 8.56. The average molecular weight is 1080 g/mol. The first-order chi connectivity index (χ1) is 37.0. The molecule has 5 aromatic rings. The van der Waals surface area contributed by atoms with E-state index in [1.165, 1.54) is 33.8 Å². The van der Waals surface area contributed by atoms with E-state index in [4.69, 9.17) is 26.8 Å². The third-order valence-electron chi connectivity index (χ3n) is 17.6. The van der Waals surface area contributed by atoms with Gasteiger partial charge in [-0.05, 0) is 113 Å². The van der Waals surface area contributed by atoms with Gasteiger partial charge in [0.05, 0.1) is 22.6 Å². The molecule has 77 heavy (non-hydrogen) atoms. The van der Waals surface area contributed by atoms with E-state index in [-0.39, 0.29) is 106 Å². The fourth-order valence-corrected chi connectivity index (χ4v) is 13.7. The summed E-state index contributed by atoms with van der Waals surface area (Å²) in [4.78, 5) is 57.4. The summed E-state index contributed by atoms with van der Waals surface area (Å²) in [5, 5.41) is 19.5. The Morgan fingerprint density at radius 2 is 1.66 bits per heavy atom. The molecule has 1 aromatic heterocycles. The van der Waals surface area contributed by atoms with Crippen LogP contribution in [-0.4, -0.2) is 113 Å². The molecule has 2 saturated carbocycles. The maximum atomic E-state index is 16.5. The Morgan fingerprint density at radius 1 is 0.922 bits per heavy atom. The summed E-state index contributed by atoms with van der Waals surface area (Å²) in [5.41, 5.74) is 5.23. The van der Waals surface area contributed by atoms with Crippen molar-refractivity contribution >= 4 is 52.1 Å². The lowest BCUT2D eigenvalue weighted by molar-refractivity contribution is -0.142. The van der Waals surface area contributed by atoms with Gasteiger partial charge in [-0.2, -0.15) is 5.10 Å². The molecule has 3 atom stereocenters. The van der Waals surface area contributed by atoms with Gasteiger partial charge in [0, 0.05) is 91.4 Å². The number of fused-ring (bicyclic) bond motifs is 2. The number of likely N-dealkylation sites (tertiary alicyclic amines) is 2. The number of aryl methyl sites for hydroxylation is 1. The van der Waals surface area contributed by atoms with E-state index >= 15 is 17.6 Å². The number of aromatic nitrogens is 2. The number of primary amides is 1. The molecule has 0 bridgehead atoms. The van der Waals surface area contributed by atoms with E-state index in [1.807, 2.05) is 37.3 Å². The van der Waals surface area contributed by atoms with Crippen LogP contribution in [0, 0.1) is 35.1 Å². The lowest BCUT2D eigenvalue weighted by Crippen LogP contribution is -2.53. The number of nitrogens with one attached hydrogen (secondary N) is 2. The zero-order chi connectivity index (χ0) is 54.1. The molecule has 15 nitrogen and oxygen atoms in total. The predicted molar refractivity (Wildman–Crippen MR) is 280 cm³/mol. The van der Waals surface area contributed by atoms with Gasteiger partial charge < -0.3 is 35.4 Å². The molecule has 1 unspecified atom stereocenters. The number of rotatable bonds is 14. The number of ether oxygens (including phenoxy) is 2. The molecule has 0 radical (unpaired) electrons. The number of carbonyl (C=O) groups excluding carboxylic acids is 4. The summed E-state index contributed by atoms with van der Waals surface area (Å²) >= 11 is 6.74. The zero-order valence-corrected chi connectivity index (χ0v) is 43.9. The van der Waals surface area contributed by atoms with Crippen LogP contribution in [0.3, 0.4) is 0 Å². The highest BCUT2D eigenvalue weighted by Gasteiger charge is 2.55.